The Morgan fingerprint density at radius 1 is 1.21 bits per heavy atom. The zero-order valence-corrected chi connectivity index (χ0v) is 12.1. The first-order chi connectivity index (χ1) is 9.08. The molecule has 0 aliphatic heterocycles. The van der Waals surface area contributed by atoms with Gasteiger partial charge in [-0.05, 0) is 36.4 Å². The van der Waals surface area contributed by atoms with Gasteiger partial charge in [-0.2, -0.15) is 0 Å². The standard InChI is InChI=1S/C15H9BrClFO/c16-11-4-1-3-10(9-11)15(19)8-7-12-13(17)5-2-6-14(12)18/h1-9H/b8-7-. The van der Waals surface area contributed by atoms with Gasteiger partial charge in [0.15, 0.2) is 5.78 Å². The molecule has 1 nitrogen and oxygen atoms in total. The fraction of sp³-hybridized carbons (Fsp3) is 0. The van der Waals surface area contributed by atoms with Crippen molar-refractivity contribution in [3.8, 4) is 0 Å². The molecule has 0 unspecified atom stereocenters. The van der Waals surface area contributed by atoms with E-state index in [9.17, 15) is 9.18 Å². The van der Waals surface area contributed by atoms with E-state index >= 15 is 0 Å². The lowest BCUT2D eigenvalue weighted by Crippen LogP contribution is -1.94. The van der Waals surface area contributed by atoms with Gasteiger partial charge >= 0.3 is 0 Å². The highest BCUT2D eigenvalue weighted by Gasteiger charge is 2.05. The summed E-state index contributed by atoms with van der Waals surface area (Å²) in [6.07, 6.45) is 2.70. The van der Waals surface area contributed by atoms with Crippen LogP contribution in [0.15, 0.2) is 53.0 Å². The summed E-state index contributed by atoms with van der Waals surface area (Å²) in [5, 5.41) is 0.276. The van der Waals surface area contributed by atoms with Crippen molar-refractivity contribution in [1.82, 2.24) is 0 Å². The minimum absolute atomic E-state index is 0.208. The second-order valence-electron chi connectivity index (χ2n) is 3.84. The van der Waals surface area contributed by atoms with Crippen LogP contribution in [0.2, 0.25) is 5.02 Å². The number of benzene rings is 2. The van der Waals surface area contributed by atoms with Crippen molar-refractivity contribution in [2.24, 2.45) is 0 Å². The first kappa shape index (κ1) is 14.0. The summed E-state index contributed by atoms with van der Waals surface area (Å²) < 4.78 is 14.3. The van der Waals surface area contributed by atoms with E-state index in [1.165, 1.54) is 24.3 Å². The van der Waals surface area contributed by atoms with Crippen LogP contribution in [0.5, 0.6) is 0 Å². The summed E-state index contributed by atoms with van der Waals surface area (Å²) in [4.78, 5) is 11.9. The molecule has 0 radical (unpaired) electrons. The molecule has 0 N–H and O–H groups in total. The van der Waals surface area contributed by atoms with Gasteiger partial charge in [0, 0.05) is 15.6 Å². The summed E-state index contributed by atoms with van der Waals surface area (Å²) in [6, 6.07) is 11.4. The molecular formula is C15H9BrClFO. The Morgan fingerprint density at radius 3 is 2.63 bits per heavy atom. The van der Waals surface area contributed by atoms with Crippen LogP contribution in [0, 0.1) is 5.82 Å². The highest BCUT2D eigenvalue weighted by Crippen LogP contribution is 2.21. The van der Waals surface area contributed by atoms with Crippen molar-refractivity contribution in [3.63, 3.8) is 0 Å². The normalized spacial score (nSPS) is 10.9. The lowest BCUT2D eigenvalue weighted by molar-refractivity contribution is 0.104. The zero-order valence-electron chi connectivity index (χ0n) is 9.74. The first-order valence-electron chi connectivity index (χ1n) is 5.50. The number of rotatable bonds is 3. The van der Waals surface area contributed by atoms with Crippen molar-refractivity contribution in [3.05, 3.63) is 75.0 Å². The van der Waals surface area contributed by atoms with Gasteiger partial charge in [0.05, 0.1) is 5.02 Å². The molecular weight excluding hydrogens is 331 g/mol. The zero-order chi connectivity index (χ0) is 13.8. The van der Waals surface area contributed by atoms with Crippen LogP contribution in [-0.4, -0.2) is 5.78 Å². The highest BCUT2D eigenvalue weighted by molar-refractivity contribution is 9.10. The number of hydrogen-bond donors (Lipinski definition) is 0. The Balaban J connectivity index is 2.26. The molecule has 0 saturated heterocycles. The van der Waals surface area contributed by atoms with Crippen LogP contribution < -0.4 is 0 Å². The predicted molar refractivity (Wildman–Crippen MR) is 78.9 cm³/mol. The first-order valence-corrected chi connectivity index (χ1v) is 6.67. The molecule has 0 fully saturated rings. The number of ketones is 1. The summed E-state index contributed by atoms with van der Waals surface area (Å²) in [5.41, 5.74) is 0.741. The molecule has 0 aliphatic rings. The largest absolute Gasteiger partial charge is 0.289 e. The Morgan fingerprint density at radius 2 is 1.95 bits per heavy atom. The van der Waals surface area contributed by atoms with Crippen molar-refractivity contribution in [2.45, 2.75) is 0 Å². The van der Waals surface area contributed by atoms with Crippen LogP contribution in [0.1, 0.15) is 15.9 Å². The van der Waals surface area contributed by atoms with Crippen molar-refractivity contribution >= 4 is 39.4 Å². The van der Waals surface area contributed by atoms with Crippen LogP contribution in [0.4, 0.5) is 4.39 Å². The number of hydrogen-bond acceptors (Lipinski definition) is 1. The third-order valence-corrected chi connectivity index (χ3v) is 3.33. The SMILES string of the molecule is O=C(/C=C\c1c(F)cccc1Cl)c1cccc(Br)c1. The van der Waals surface area contributed by atoms with E-state index in [0.29, 0.717) is 5.56 Å². The summed E-state index contributed by atoms with van der Waals surface area (Å²) in [7, 11) is 0. The predicted octanol–water partition coefficient (Wildman–Crippen LogP) is 5.14. The van der Waals surface area contributed by atoms with Crippen LogP contribution in [0.3, 0.4) is 0 Å². The van der Waals surface area contributed by atoms with Crippen molar-refractivity contribution in [1.29, 1.82) is 0 Å². The molecule has 0 spiro atoms. The Labute approximate surface area is 123 Å². The number of carbonyl (C=O) groups excluding carboxylic acids is 1. The number of halogens is 3. The van der Waals surface area contributed by atoms with Gasteiger partial charge in [0.2, 0.25) is 0 Å². The Hall–Kier alpha value is -1.45. The van der Waals surface area contributed by atoms with E-state index in [1.54, 1.807) is 24.3 Å². The van der Waals surface area contributed by atoms with Gasteiger partial charge in [-0.25, -0.2) is 4.39 Å². The molecule has 19 heavy (non-hydrogen) atoms. The topological polar surface area (TPSA) is 17.1 Å². The van der Waals surface area contributed by atoms with Crippen molar-refractivity contribution in [2.75, 3.05) is 0 Å². The second-order valence-corrected chi connectivity index (χ2v) is 5.17. The molecule has 2 aromatic rings. The quantitative estimate of drug-likeness (QED) is 0.559. The van der Waals surface area contributed by atoms with Gasteiger partial charge in [-0.15, -0.1) is 0 Å². The lowest BCUT2D eigenvalue weighted by Gasteiger charge is -2.00. The van der Waals surface area contributed by atoms with Crippen LogP contribution in [-0.2, 0) is 0 Å². The minimum Gasteiger partial charge on any atom is -0.289 e. The molecule has 0 bridgehead atoms. The van der Waals surface area contributed by atoms with Gasteiger partial charge in [-0.3, -0.25) is 4.79 Å². The molecule has 96 valence electrons. The highest BCUT2D eigenvalue weighted by atomic mass is 79.9. The average molecular weight is 340 g/mol. The third kappa shape index (κ3) is 3.52. The van der Waals surface area contributed by atoms with E-state index in [2.05, 4.69) is 15.9 Å². The fourth-order valence-corrected chi connectivity index (χ4v) is 2.19. The summed E-state index contributed by atoms with van der Waals surface area (Å²) in [5.74, 6) is -0.661. The van der Waals surface area contributed by atoms with E-state index < -0.39 is 5.82 Å². The molecule has 2 rings (SSSR count). The fourth-order valence-electron chi connectivity index (χ4n) is 1.57. The van der Waals surface area contributed by atoms with E-state index in [0.717, 1.165) is 4.47 Å². The average Bonchev–Trinajstić information content (AvgIpc) is 2.38. The molecule has 0 aliphatic carbocycles. The minimum atomic E-state index is -0.453. The van der Waals surface area contributed by atoms with Gasteiger partial charge < -0.3 is 0 Å². The Bertz CT molecular complexity index is 632. The van der Waals surface area contributed by atoms with E-state index in [4.69, 9.17) is 11.6 Å². The molecule has 0 saturated carbocycles. The number of carbonyl (C=O) groups is 1. The van der Waals surface area contributed by atoms with Gasteiger partial charge in [0.1, 0.15) is 5.82 Å². The van der Waals surface area contributed by atoms with Gasteiger partial charge in [-0.1, -0.05) is 45.7 Å². The molecule has 0 atom stereocenters. The third-order valence-electron chi connectivity index (χ3n) is 2.51. The van der Waals surface area contributed by atoms with Crippen LogP contribution >= 0.6 is 27.5 Å². The summed E-state index contributed by atoms with van der Waals surface area (Å²) in [6.45, 7) is 0. The Kier molecular flexibility index (Phi) is 4.51. The van der Waals surface area contributed by atoms with Crippen LogP contribution in [0.25, 0.3) is 6.08 Å². The van der Waals surface area contributed by atoms with E-state index in [-0.39, 0.29) is 16.4 Å². The molecule has 0 amide bonds. The van der Waals surface area contributed by atoms with E-state index in [1.807, 2.05) is 6.07 Å². The number of allylic oxidation sites excluding steroid dienone is 1. The molecule has 0 heterocycles. The molecule has 0 aromatic heterocycles. The maximum atomic E-state index is 13.5. The molecule has 2 aromatic carbocycles. The maximum absolute atomic E-state index is 13.5. The summed E-state index contributed by atoms with van der Waals surface area (Å²) >= 11 is 9.17. The molecule has 4 heteroatoms. The smallest absolute Gasteiger partial charge is 0.185 e. The lowest BCUT2D eigenvalue weighted by atomic mass is 10.1. The van der Waals surface area contributed by atoms with Crippen molar-refractivity contribution < 1.29 is 9.18 Å². The second kappa shape index (κ2) is 6.13. The van der Waals surface area contributed by atoms with Gasteiger partial charge in [0.25, 0.3) is 0 Å². The monoisotopic (exact) mass is 338 g/mol. The maximum Gasteiger partial charge on any atom is 0.185 e.